The van der Waals surface area contributed by atoms with Crippen molar-refractivity contribution in [2.75, 3.05) is 13.7 Å². The third-order valence-corrected chi connectivity index (χ3v) is 3.78. The Balaban J connectivity index is 2.10. The van der Waals surface area contributed by atoms with Crippen molar-refractivity contribution in [2.24, 2.45) is 0 Å². The van der Waals surface area contributed by atoms with E-state index < -0.39 is 0 Å². The number of methoxy groups -OCH3 is 1. The van der Waals surface area contributed by atoms with Crippen molar-refractivity contribution in [1.29, 1.82) is 0 Å². The quantitative estimate of drug-likeness (QED) is 0.693. The zero-order chi connectivity index (χ0) is 15.1. The summed E-state index contributed by atoms with van der Waals surface area (Å²) in [6, 6.07) is 12.4. The van der Waals surface area contributed by atoms with E-state index in [2.05, 4.69) is 11.8 Å². The normalized spacial score (nSPS) is 9.86. The number of aliphatic hydroxyl groups excluding tert-OH is 1. The van der Waals surface area contributed by atoms with Crippen molar-refractivity contribution in [2.45, 2.75) is 10.6 Å². The summed E-state index contributed by atoms with van der Waals surface area (Å²) in [4.78, 5) is 1.06. The van der Waals surface area contributed by atoms with Crippen molar-refractivity contribution in [1.82, 2.24) is 0 Å². The highest BCUT2D eigenvalue weighted by Gasteiger charge is 2.02. The fraction of sp³-hybridized carbons (Fsp3) is 0.176. The predicted molar refractivity (Wildman–Crippen MR) is 82.9 cm³/mol. The second-order valence-corrected chi connectivity index (χ2v) is 5.32. The van der Waals surface area contributed by atoms with Crippen molar-refractivity contribution >= 4 is 11.8 Å². The van der Waals surface area contributed by atoms with Gasteiger partial charge in [0.2, 0.25) is 0 Å². The number of halogens is 1. The van der Waals surface area contributed by atoms with Crippen LogP contribution in [0.25, 0.3) is 0 Å². The van der Waals surface area contributed by atoms with E-state index in [1.807, 2.05) is 30.3 Å². The first-order chi connectivity index (χ1) is 10.2. The van der Waals surface area contributed by atoms with E-state index in [0.717, 1.165) is 16.2 Å². The fourth-order valence-corrected chi connectivity index (χ4v) is 2.68. The molecule has 0 aliphatic carbocycles. The lowest BCUT2D eigenvalue weighted by atomic mass is 10.1. The molecular weight excluding hydrogens is 287 g/mol. The molecule has 0 spiro atoms. The Bertz CT molecular complexity index is 674. The van der Waals surface area contributed by atoms with Crippen LogP contribution >= 0.6 is 11.8 Å². The molecule has 2 aromatic rings. The van der Waals surface area contributed by atoms with E-state index in [0.29, 0.717) is 11.3 Å². The minimum Gasteiger partial charge on any atom is -0.497 e. The van der Waals surface area contributed by atoms with Crippen LogP contribution < -0.4 is 4.74 Å². The Morgan fingerprint density at radius 1 is 1.24 bits per heavy atom. The van der Waals surface area contributed by atoms with Crippen molar-refractivity contribution in [3.8, 4) is 17.6 Å². The van der Waals surface area contributed by atoms with Crippen LogP contribution in [0.15, 0.2) is 47.4 Å². The Morgan fingerprint density at radius 2 is 2.10 bits per heavy atom. The van der Waals surface area contributed by atoms with Gasteiger partial charge < -0.3 is 9.84 Å². The van der Waals surface area contributed by atoms with Crippen LogP contribution in [0.4, 0.5) is 4.39 Å². The largest absolute Gasteiger partial charge is 0.497 e. The molecule has 0 aliphatic heterocycles. The number of hydrogen-bond donors (Lipinski definition) is 1. The molecule has 0 fully saturated rings. The van der Waals surface area contributed by atoms with Gasteiger partial charge in [0.25, 0.3) is 0 Å². The number of ether oxygens (including phenoxy) is 1. The van der Waals surface area contributed by atoms with E-state index >= 15 is 0 Å². The first-order valence-corrected chi connectivity index (χ1v) is 7.36. The van der Waals surface area contributed by atoms with Gasteiger partial charge in [0.15, 0.2) is 0 Å². The average molecular weight is 302 g/mol. The molecule has 2 nitrogen and oxygen atoms in total. The minimum atomic E-state index is -0.319. The zero-order valence-electron chi connectivity index (χ0n) is 11.6. The Morgan fingerprint density at radius 3 is 2.86 bits per heavy atom. The SMILES string of the molecule is COc1cccc(SCc2cc(F)cc(C#CCO)c2)c1. The molecule has 0 radical (unpaired) electrons. The topological polar surface area (TPSA) is 29.5 Å². The van der Waals surface area contributed by atoms with Gasteiger partial charge in [0, 0.05) is 16.2 Å². The summed E-state index contributed by atoms with van der Waals surface area (Å²) >= 11 is 1.60. The fourth-order valence-electron chi connectivity index (χ4n) is 1.81. The third kappa shape index (κ3) is 4.82. The van der Waals surface area contributed by atoms with Gasteiger partial charge in [-0.1, -0.05) is 17.9 Å². The molecule has 0 aliphatic rings. The number of hydrogen-bond acceptors (Lipinski definition) is 3. The maximum atomic E-state index is 13.5. The van der Waals surface area contributed by atoms with E-state index in [1.54, 1.807) is 18.9 Å². The summed E-state index contributed by atoms with van der Waals surface area (Å²) in [5, 5.41) is 8.68. The molecule has 4 heteroatoms. The summed E-state index contributed by atoms with van der Waals surface area (Å²) in [5.41, 5.74) is 1.43. The molecule has 0 unspecified atom stereocenters. The van der Waals surface area contributed by atoms with Crippen molar-refractivity contribution < 1.29 is 14.2 Å². The molecule has 108 valence electrons. The number of rotatable bonds is 4. The van der Waals surface area contributed by atoms with Gasteiger partial charge in [-0.05, 0) is 42.0 Å². The monoisotopic (exact) mass is 302 g/mol. The molecule has 0 amide bonds. The zero-order valence-corrected chi connectivity index (χ0v) is 12.4. The molecule has 0 atom stereocenters. The number of thioether (sulfide) groups is 1. The smallest absolute Gasteiger partial charge is 0.124 e. The van der Waals surface area contributed by atoms with Gasteiger partial charge in [-0.15, -0.1) is 11.8 Å². The summed E-state index contributed by atoms with van der Waals surface area (Å²) in [5.74, 6) is 6.36. The molecule has 0 saturated carbocycles. The highest BCUT2D eigenvalue weighted by Crippen LogP contribution is 2.26. The average Bonchev–Trinajstić information content (AvgIpc) is 2.50. The highest BCUT2D eigenvalue weighted by molar-refractivity contribution is 7.98. The van der Waals surface area contributed by atoms with Crippen LogP contribution in [-0.4, -0.2) is 18.8 Å². The van der Waals surface area contributed by atoms with Gasteiger partial charge in [-0.2, -0.15) is 0 Å². The van der Waals surface area contributed by atoms with Gasteiger partial charge in [-0.25, -0.2) is 4.39 Å². The maximum absolute atomic E-state index is 13.5. The molecular formula is C17H15FO2S. The van der Waals surface area contributed by atoms with E-state index in [4.69, 9.17) is 9.84 Å². The molecule has 0 bridgehead atoms. The summed E-state index contributed by atoms with van der Waals surface area (Å²) in [6.07, 6.45) is 0. The minimum absolute atomic E-state index is 0.232. The lowest BCUT2D eigenvalue weighted by molar-refractivity contribution is 0.350. The Kier molecular flexibility index (Phi) is 5.68. The molecule has 2 aromatic carbocycles. The number of benzene rings is 2. The van der Waals surface area contributed by atoms with E-state index in [9.17, 15) is 4.39 Å². The van der Waals surface area contributed by atoms with Gasteiger partial charge in [0.05, 0.1) is 7.11 Å². The van der Waals surface area contributed by atoms with Crippen LogP contribution in [0.5, 0.6) is 5.75 Å². The Labute approximate surface area is 128 Å². The molecule has 1 N–H and O–H groups in total. The van der Waals surface area contributed by atoms with E-state index in [1.165, 1.54) is 12.1 Å². The van der Waals surface area contributed by atoms with Crippen molar-refractivity contribution in [3.05, 3.63) is 59.4 Å². The van der Waals surface area contributed by atoms with Gasteiger partial charge in [0.1, 0.15) is 18.2 Å². The molecule has 0 heterocycles. The van der Waals surface area contributed by atoms with Crippen LogP contribution in [0.1, 0.15) is 11.1 Å². The summed E-state index contributed by atoms with van der Waals surface area (Å²) in [7, 11) is 1.63. The summed E-state index contributed by atoms with van der Waals surface area (Å²) in [6.45, 7) is -0.232. The Hall–Kier alpha value is -1.96. The molecule has 0 saturated heterocycles. The standard InChI is InChI=1S/C17H15FO2S/c1-20-16-5-2-6-17(11-16)21-12-14-8-13(4-3-7-19)9-15(18)10-14/h2,5-6,8-11,19H,7,12H2,1H3. The second kappa shape index (κ2) is 7.72. The van der Waals surface area contributed by atoms with Crippen LogP contribution in [0, 0.1) is 17.7 Å². The van der Waals surface area contributed by atoms with Crippen molar-refractivity contribution in [3.63, 3.8) is 0 Å². The first kappa shape index (κ1) is 15.4. The van der Waals surface area contributed by atoms with Crippen LogP contribution in [0.2, 0.25) is 0 Å². The molecule has 21 heavy (non-hydrogen) atoms. The lowest BCUT2D eigenvalue weighted by Crippen LogP contribution is -1.88. The van der Waals surface area contributed by atoms with E-state index in [-0.39, 0.29) is 12.4 Å². The second-order valence-electron chi connectivity index (χ2n) is 4.28. The summed E-state index contributed by atoms with van der Waals surface area (Å²) < 4.78 is 18.7. The lowest BCUT2D eigenvalue weighted by Gasteiger charge is -2.05. The highest BCUT2D eigenvalue weighted by atomic mass is 32.2. The van der Waals surface area contributed by atoms with Crippen LogP contribution in [0.3, 0.4) is 0 Å². The predicted octanol–water partition coefficient (Wildman–Crippen LogP) is 3.47. The maximum Gasteiger partial charge on any atom is 0.124 e. The molecule has 2 rings (SSSR count). The van der Waals surface area contributed by atoms with Gasteiger partial charge >= 0.3 is 0 Å². The third-order valence-electron chi connectivity index (χ3n) is 2.72. The van der Waals surface area contributed by atoms with Gasteiger partial charge in [-0.3, -0.25) is 0 Å². The first-order valence-electron chi connectivity index (χ1n) is 6.37. The molecule has 0 aromatic heterocycles. The van der Waals surface area contributed by atoms with Crippen LogP contribution in [-0.2, 0) is 5.75 Å². The number of aliphatic hydroxyl groups is 1.